The fourth-order valence-electron chi connectivity index (χ4n) is 3.41. The van der Waals surface area contributed by atoms with E-state index in [1.165, 1.54) is 0 Å². The maximum Gasteiger partial charge on any atom is 0.0932 e. The molecule has 0 aromatic heterocycles. The number of ether oxygens (including phenoxy) is 2. The lowest BCUT2D eigenvalue weighted by molar-refractivity contribution is -0.0867. The Morgan fingerprint density at radius 3 is 2.47 bits per heavy atom. The lowest BCUT2D eigenvalue weighted by atomic mass is 9.82. The normalized spacial score (nSPS) is 38.5. The predicted octanol–water partition coefficient (Wildman–Crippen LogP) is 0.210. The van der Waals surface area contributed by atoms with Gasteiger partial charge in [-0.05, 0) is 27.7 Å². The van der Waals surface area contributed by atoms with E-state index in [0.717, 1.165) is 19.6 Å². The number of hydrogen-bond acceptors (Lipinski definition) is 5. The van der Waals surface area contributed by atoms with Crippen molar-refractivity contribution >= 4 is 0 Å². The summed E-state index contributed by atoms with van der Waals surface area (Å²) >= 11 is 0. The van der Waals surface area contributed by atoms with Gasteiger partial charge in [-0.25, -0.2) is 0 Å². The van der Waals surface area contributed by atoms with Crippen LogP contribution in [0, 0.1) is 5.92 Å². The third-order valence-corrected chi connectivity index (χ3v) is 4.54. The van der Waals surface area contributed by atoms with Crippen molar-refractivity contribution in [3.8, 4) is 0 Å². The van der Waals surface area contributed by atoms with E-state index < -0.39 is 0 Å². The highest BCUT2D eigenvalue weighted by molar-refractivity contribution is 5.04. The van der Waals surface area contributed by atoms with Crippen LogP contribution in [-0.4, -0.2) is 66.2 Å². The van der Waals surface area contributed by atoms with Crippen LogP contribution >= 0.6 is 0 Å². The van der Waals surface area contributed by atoms with Crippen molar-refractivity contribution < 1.29 is 14.6 Å². The van der Waals surface area contributed by atoms with Gasteiger partial charge in [0.2, 0.25) is 0 Å². The molecule has 2 aliphatic rings. The lowest BCUT2D eigenvalue weighted by Crippen LogP contribution is -2.52. The van der Waals surface area contributed by atoms with Crippen LogP contribution in [0.1, 0.15) is 27.7 Å². The Morgan fingerprint density at radius 2 is 1.95 bits per heavy atom. The monoisotopic (exact) mass is 272 g/mol. The van der Waals surface area contributed by atoms with Crippen LogP contribution in [-0.2, 0) is 9.47 Å². The summed E-state index contributed by atoms with van der Waals surface area (Å²) in [5, 5.41) is 9.21. The van der Waals surface area contributed by atoms with E-state index in [1.807, 2.05) is 0 Å². The summed E-state index contributed by atoms with van der Waals surface area (Å²) in [4.78, 5) is 2.33. The maximum absolute atomic E-state index is 9.21. The Morgan fingerprint density at radius 1 is 1.26 bits per heavy atom. The average molecular weight is 272 g/mol. The minimum absolute atomic E-state index is 0.0259. The van der Waals surface area contributed by atoms with Crippen LogP contribution in [0.5, 0.6) is 0 Å². The molecule has 2 heterocycles. The summed E-state index contributed by atoms with van der Waals surface area (Å²) in [7, 11) is 0. The highest BCUT2D eigenvalue weighted by Crippen LogP contribution is 2.41. The Balaban J connectivity index is 2.01. The second-order valence-electron chi connectivity index (χ2n) is 6.88. The number of aliphatic hydroxyl groups excluding tert-OH is 1. The van der Waals surface area contributed by atoms with Crippen molar-refractivity contribution in [1.29, 1.82) is 0 Å². The molecule has 2 aliphatic heterocycles. The van der Waals surface area contributed by atoms with Crippen LogP contribution in [0.15, 0.2) is 0 Å². The van der Waals surface area contributed by atoms with Gasteiger partial charge in [-0.1, -0.05) is 0 Å². The van der Waals surface area contributed by atoms with Crippen LogP contribution in [0.25, 0.3) is 0 Å². The minimum atomic E-state index is -0.281. The molecule has 0 aromatic rings. The van der Waals surface area contributed by atoms with Crippen molar-refractivity contribution in [2.45, 2.75) is 51.0 Å². The van der Waals surface area contributed by atoms with E-state index in [-0.39, 0.29) is 30.0 Å². The summed E-state index contributed by atoms with van der Waals surface area (Å²) in [6.45, 7) is 11.7. The van der Waals surface area contributed by atoms with Gasteiger partial charge in [0.25, 0.3) is 0 Å². The molecule has 2 saturated heterocycles. The Hall–Kier alpha value is -0.200. The van der Waals surface area contributed by atoms with Crippen LogP contribution in [0.4, 0.5) is 0 Å². The molecule has 2 rings (SSSR count). The van der Waals surface area contributed by atoms with Gasteiger partial charge in [-0.3, -0.25) is 4.90 Å². The van der Waals surface area contributed by atoms with Gasteiger partial charge in [0.15, 0.2) is 0 Å². The predicted molar refractivity (Wildman–Crippen MR) is 74.0 cm³/mol. The molecule has 0 saturated carbocycles. The molecule has 0 amide bonds. The van der Waals surface area contributed by atoms with Crippen LogP contribution in [0.2, 0.25) is 0 Å². The largest absolute Gasteiger partial charge is 0.394 e. The molecule has 5 heteroatoms. The second-order valence-corrected chi connectivity index (χ2v) is 6.88. The van der Waals surface area contributed by atoms with Crippen molar-refractivity contribution in [3.05, 3.63) is 0 Å². The molecule has 2 fully saturated rings. The van der Waals surface area contributed by atoms with E-state index in [1.54, 1.807) is 0 Å². The Labute approximate surface area is 116 Å². The third-order valence-electron chi connectivity index (χ3n) is 4.54. The molecular formula is C14H28N2O3. The fourth-order valence-corrected chi connectivity index (χ4v) is 3.41. The van der Waals surface area contributed by atoms with E-state index in [4.69, 9.17) is 15.2 Å². The summed E-state index contributed by atoms with van der Waals surface area (Å²) in [6.07, 6.45) is -0.0663. The first-order chi connectivity index (χ1) is 8.76. The molecule has 0 aliphatic carbocycles. The molecule has 0 radical (unpaired) electrons. The van der Waals surface area contributed by atoms with Crippen LogP contribution in [0.3, 0.4) is 0 Å². The molecule has 0 bridgehead atoms. The maximum atomic E-state index is 9.21. The molecule has 0 spiro atoms. The molecule has 5 nitrogen and oxygen atoms in total. The summed E-state index contributed by atoms with van der Waals surface area (Å²) in [5.74, 6) is 0.292. The van der Waals surface area contributed by atoms with Crippen molar-refractivity contribution in [2.24, 2.45) is 11.7 Å². The highest BCUT2D eigenvalue weighted by atomic mass is 16.5. The van der Waals surface area contributed by atoms with Gasteiger partial charge in [-0.15, -0.1) is 0 Å². The quantitative estimate of drug-likeness (QED) is 0.769. The zero-order valence-electron chi connectivity index (χ0n) is 12.6. The van der Waals surface area contributed by atoms with Gasteiger partial charge < -0.3 is 20.3 Å². The second kappa shape index (κ2) is 5.30. The summed E-state index contributed by atoms with van der Waals surface area (Å²) in [6, 6.07) is 0.0259. The number of morpholine rings is 1. The van der Waals surface area contributed by atoms with Gasteiger partial charge in [0.05, 0.1) is 30.5 Å². The first-order valence-corrected chi connectivity index (χ1v) is 7.17. The van der Waals surface area contributed by atoms with Crippen LogP contribution < -0.4 is 5.73 Å². The average Bonchev–Trinajstić information content (AvgIpc) is 2.48. The van der Waals surface area contributed by atoms with Gasteiger partial charge >= 0.3 is 0 Å². The minimum Gasteiger partial charge on any atom is -0.394 e. The number of nitrogens with two attached hydrogens (primary N) is 1. The molecular weight excluding hydrogens is 244 g/mol. The van der Waals surface area contributed by atoms with Crippen molar-refractivity contribution in [1.82, 2.24) is 4.90 Å². The number of aliphatic hydroxyl groups is 1. The molecule has 3 unspecified atom stereocenters. The van der Waals surface area contributed by atoms with Gasteiger partial charge in [0, 0.05) is 31.6 Å². The fraction of sp³-hybridized carbons (Fsp3) is 1.00. The zero-order valence-corrected chi connectivity index (χ0v) is 12.6. The summed E-state index contributed by atoms with van der Waals surface area (Å²) < 4.78 is 11.6. The molecule has 3 N–H and O–H groups in total. The Bertz CT molecular complexity index is 320. The molecule has 3 atom stereocenters. The summed E-state index contributed by atoms with van der Waals surface area (Å²) in [5.41, 5.74) is 5.89. The van der Waals surface area contributed by atoms with Crippen molar-refractivity contribution in [2.75, 3.05) is 32.8 Å². The standard InChI is InChI=1S/C14H28N2O3/c1-13(2)11(12(15)14(3,4)19-13)8-16-5-6-18-10(7-16)9-17/h10-12,17H,5-9,15H2,1-4H3. The first kappa shape index (κ1) is 15.2. The topological polar surface area (TPSA) is 68.0 Å². The SMILES string of the molecule is CC1(C)OC(C)(C)C(CN2CCOC(CO)C2)C1N. The van der Waals surface area contributed by atoms with Crippen molar-refractivity contribution in [3.63, 3.8) is 0 Å². The van der Waals surface area contributed by atoms with Gasteiger partial charge in [-0.2, -0.15) is 0 Å². The Kier molecular flexibility index (Phi) is 4.23. The highest BCUT2D eigenvalue weighted by Gasteiger charge is 2.52. The molecule has 19 heavy (non-hydrogen) atoms. The molecule has 0 aromatic carbocycles. The number of hydrogen-bond donors (Lipinski definition) is 2. The molecule has 112 valence electrons. The van der Waals surface area contributed by atoms with E-state index in [2.05, 4.69) is 32.6 Å². The number of nitrogens with zero attached hydrogens (tertiary/aromatic N) is 1. The van der Waals surface area contributed by atoms with Gasteiger partial charge in [0.1, 0.15) is 0 Å². The zero-order chi connectivity index (χ0) is 14.3. The van der Waals surface area contributed by atoms with E-state index in [9.17, 15) is 5.11 Å². The third kappa shape index (κ3) is 3.11. The lowest BCUT2D eigenvalue weighted by Gasteiger charge is -2.37. The smallest absolute Gasteiger partial charge is 0.0932 e. The first-order valence-electron chi connectivity index (χ1n) is 7.17. The van der Waals surface area contributed by atoms with E-state index >= 15 is 0 Å². The number of rotatable bonds is 3. The van der Waals surface area contributed by atoms with E-state index in [0.29, 0.717) is 12.5 Å².